The van der Waals surface area contributed by atoms with Crippen LogP contribution in [-0.2, 0) is 11.2 Å². The van der Waals surface area contributed by atoms with E-state index in [1.807, 2.05) is 12.1 Å². The molecule has 0 fully saturated rings. The largest absolute Gasteiger partial charge is 0.368 e. The Morgan fingerprint density at radius 3 is 2.40 bits per heavy atom. The van der Waals surface area contributed by atoms with Crippen LogP contribution in [0.4, 0.5) is 0 Å². The summed E-state index contributed by atoms with van der Waals surface area (Å²) in [5, 5.41) is 5.85. The van der Waals surface area contributed by atoms with Crippen LogP contribution in [0.1, 0.15) is 5.56 Å². The lowest BCUT2D eigenvalue weighted by atomic mass is 9.81. The first-order valence-corrected chi connectivity index (χ1v) is 6.63. The van der Waals surface area contributed by atoms with Gasteiger partial charge in [-0.2, -0.15) is 0 Å². The minimum Gasteiger partial charge on any atom is -0.368 e. The maximum atomic E-state index is 11.7. The summed E-state index contributed by atoms with van der Waals surface area (Å²) >= 11 is 0. The predicted octanol–water partition coefficient (Wildman–Crippen LogP) is 1.23. The molecule has 3 heteroatoms. The fraction of sp³-hybridized carbons (Fsp3) is 0.118. The quantitative estimate of drug-likeness (QED) is 0.692. The molecular weight excluding hydrogens is 248 g/mol. The van der Waals surface area contributed by atoms with Gasteiger partial charge in [-0.25, -0.2) is 0 Å². The molecule has 0 spiro atoms. The SMILES string of the molecule is NC(=O)C1(N)C=c2ccc3cccc4ccc(c2c43)C1. The first-order chi connectivity index (χ1) is 9.58. The van der Waals surface area contributed by atoms with Crippen LogP contribution in [0.5, 0.6) is 0 Å². The van der Waals surface area contributed by atoms with Gasteiger partial charge in [0.25, 0.3) is 0 Å². The van der Waals surface area contributed by atoms with Gasteiger partial charge in [-0.15, -0.1) is 0 Å². The molecule has 0 heterocycles. The molecule has 1 aliphatic rings. The Labute approximate surface area is 115 Å². The lowest BCUT2D eigenvalue weighted by molar-refractivity contribution is -0.121. The van der Waals surface area contributed by atoms with Gasteiger partial charge in [0.1, 0.15) is 5.54 Å². The topological polar surface area (TPSA) is 69.1 Å². The van der Waals surface area contributed by atoms with Crippen molar-refractivity contribution in [2.24, 2.45) is 11.5 Å². The van der Waals surface area contributed by atoms with E-state index in [9.17, 15) is 4.79 Å². The zero-order chi connectivity index (χ0) is 13.9. The minimum atomic E-state index is -1.09. The van der Waals surface area contributed by atoms with Gasteiger partial charge >= 0.3 is 0 Å². The van der Waals surface area contributed by atoms with E-state index in [0.29, 0.717) is 6.42 Å². The van der Waals surface area contributed by atoms with Crippen LogP contribution in [0.3, 0.4) is 0 Å². The van der Waals surface area contributed by atoms with Crippen LogP contribution in [0.2, 0.25) is 0 Å². The third-order valence-electron chi connectivity index (χ3n) is 4.25. The molecule has 3 aromatic carbocycles. The van der Waals surface area contributed by atoms with E-state index < -0.39 is 11.4 Å². The Balaban J connectivity index is 2.23. The van der Waals surface area contributed by atoms with Gasteiger partial charge in [0, 0.05) is 6.42 Å². The smallest absolute Gasteiger partial charge is 0.241 e. The normalized spacial score (nSPS) is 21.1. The van der Waals surface area contributed by atoms with Crippen LogP contribution >= 0.6 is 0 Å². The average Bonchev–Trinajstić information content (AvgIpc) is 2.44. The highest BCUT2D eigenvalue weighted by Gasteiger charge is 2.33. The van der Waals surface area contributed by atoms with E-state index >= 15 is 0 Å². The second kappa shape index (κ2) is 3.58. The van der Waals surface area contributed by atoms with Crippen molar-refractivity contribution in [3.8, 4) is 0 Å². The number of rotatable bonds is 1. The molecule has 0 saturated heterocycles. The summed E-state index contributed by atoms with van der Waals surface area (Å²) in [5.74, 6) is -0.483. The zero-order valence-corrected chi connectivity index (χ0v) is 10.9. The molecule has 98 valence electrons. The summed E-state index contributed by atoms with van der Waals surface area (Å²) < 4.78 is 0. The molecule has 3 nitrogen and oxygen atoms in total. The first-order valence-electron chi connectivity index (χ1n) is 6.63. The Hall–Kier alpha value is -2.39. The number of amides is 1. The van der Waals surface area contributed by atoms with Crippen molar-refractivity contribution in [1.29, 1.82) is 0 Å². The van der Waals surface area contributed by atoms with E-state index in [1.54, 1.807) is 0 Å². The van der Waals surface area contributed by atoms with Gasteiger partial charge in [-0.05, 0) is 38.4 Å². The van der Waals surface area contributed by atoms with Crippen molar-refractivity contribution in [1.82, 2.24) is 0 Å². The Morgan fingerprint density at radius 1 is 1.00 bits per heavy atom. The van der Waals surface area contributed by atoms with Crippen molar-refractivity contribution in [3.05, 3.63) is 53.2 Å². The van der Waals surface area contributed by atoms with E-state index in [4.69, 9.17) is 11.5 Å². The predicted molar refractivity (Wildman–Crippen MR) is 81.0 cm³/mol. The molecule has 0 bridgehead atoms. The van der Waals surface area contributed by atoms with Crippen molar-refractivity contribution < 1.29 is 4.79 Å². The number of carbonyl (C=O) groups excluding carboxylic acids is 1. The molecule has 0 radical (unpaired) electrons. The number of nitrogens with two attached hydrogens (primary N) is 2. The van der Waals surface area contributed by atoms with Crippen LogP contribution in [-0.4, -0.2) is 11.4 Å². The highest BCUT2D eigenvalue weighted by atomic mass is 16.1. The highest BCUT2D eigenvalue weighted by molar-refractivity contribution is 6.12. The summed E-state index contributed by atoms with van der Waals surface area (Å²) in [6.45, 7) is 0. The van der Waals surface area contributed by atoms with Crippen LogP contribution in [0, 0.1) is 0 Å². The Kier molecular flexibility index (Phi) is 2.05. The van der Waals surface area contributed by atoms with Crippen LogP contribution in [0.15, 0.2) is 42.5 Å². The van der Waals surface area contributed by atoms with E-state index in [-0.39, 0.29) is 0 Å². The summed E-state index contributed by atoms with van der Waals surface area (Å²) in [5.41, 5.74) is 11.6. The monoisotopic (exact) mass is 262 g/mol. The van der Waals surface area contributed by atoms with E-state index in [1.165, 1.54) is 21.5 Å². The number of hydrogen-bond acceptors (Lipinski definition) is 2. The second-order valence-corrected chi connectivity index (χ2v) is 5.56. The summed E-state index contributed by atoms with van der Waals surface area (Å²) in [6.07, 6.45) is 2.27. The molecule has 1 atom stereocenters. The third kappa shape index (κ3) is 1.35. The molecule has 4 rings (SSSR count). The first kappa shape index (κ1) is 11.4. The second-order valence-electron chi connectivity index (χ2n) is 5.56. The summed E-state index contributed by atoms with van der Waals surface area (Å²) in [7, 11) is 0. The van der Waals surface area contributed by atoms with Gasteiger partial charge in [0.15, 0.2) is 0 Å². The van der Waals surface area contributed by atoms with Gasteiger partial charge in [-0.1, -0.05) is 42.5 Å². The molecule has 4 N–H and O–H groups in total. The molecular formula is C17H14N2O. The molecule has 1 unspecified atom stereocenters. The summed E-state index contributed by atoms with van der Waals surface area (Å²) in [4.78, 5) is 11.7. The molecule has 3 aromatic rings. The van der Waals surface area contributed by atoms with Crippen molar-refractivity contribution in [3.63, 3.8) is 0 Å². The molecule has 1 aliphatic carbocycles. The third-order valence-corrected chi connectivity index (χ3v) is 4.25. The number of benzene rings is 3. The van der Waals surface area contributed by atoms with Gasteiger partial charge in [0.05, 0.1) is 0 Å². The highest BCUT2D eigenvalue weighted by Crippen LogP contribution is 2.31. The average molecular weight is 262 g/mol. The van der Waals surface area contributed by atoms with E-state index in [2.05, 4.69) is 36.4 Å². The molecule has 0 aromatic heterocycles. The maximum Gasteiger partial charge on any atom is 0.241 e. The van der Waals surface area contributed by atoms with Gasteiger partial charge in [-0.3, -0.25) is 4.79 Å². The molecule has 1 amide bonds. The number of primary amides is 1. The lowest BCUT2D eigenvalue weighted by Gasteiger charge is -2.27. The Bertz CT molecular complexity index is 913. The number of hydrogen-bond donors (Lipinski definition) is 2. The van der Waals surface area contributed by atoms with Crippen molar-refractivity contribution in [2.75, 3.05) is 0 Å². The van der Waals surface area contributed by atoms with Crippen LogP contribution < -0.4 is 16.7 Å². The van der Waals surface area contributed by atoms with E-state index in [0.717, 1.165) is 10.8 Å². The standard InChI is InChI=1S/C17H14N2O/c18-16(20)17(19)8-12-6-4-10-2-1-3-11-5-7-13(9-17)15(12)14(10)11/h1-8H,9,19H2,(H2,18,20). The fourth-order valence-electron chi connectivity index (χ4n) is 3.25. The van der Waals surface area contributed by atoms with Crippen LogP contribution in [0.25, 0.3) is 27.6 Å². The maximum absolute atomic E-state index is 11.7. The molecule has 0 saturated carbocycles. The number of carbonyl (C=O) groups is 1. The van der Waals surface area contributed by atoms with Gasteiger partial charge in [0.2, 0.25) is 5.91 Å². The lowest BCUT2D eigenvalue weighted by Crippen LogP contribution is -2.54. The fourth-order valence-corrected chi connectivity index (χ4v) is 3.25. The Morgan fingerprint density at radius 2 is 1.70 bits per heavy atom. The zero-order valence-electron chi connectivity index (χ0n) is 10.9. The minimum absolute atomic E-state index is 0.458. The summed E-state index contributed by atoms with van der Waals surface area (Å²) in [6, 6.07) is 14.5. The van der Waals surface area contributed by atoms with Crippen molar-refractivity contribution in [2.45, 2.75) is 12.0 Å². The molecule has 20 heavy (non-hydrogen) atoms. The molecule has 0 aliphatic heterocycles. The van der Waals surface area contributed by atoms with Crippen molar-refractivity contribution >= 4 is 33.5 Å². The van der Waals surface area contributed by atoms with Gasteiger partial charge < -0.3 is 11.5 Å².